The first-order valence-electron chi connectivity index (χ1n) is 6.23. The molecule has 10 nitrogen and oxygen atoms in total. The fourth-order valence-corrected chi connectivity index (χ4v) is 2.45. The van der Waals surface area contributed by atoms with E-state index in [1.807, 2.05) is 5.48 Å². The Bertz CT molecular complexity index is 662. The van der Waals surface area contributed by atoms with Crippen LogP contribution in [0.15, 0.2) is 12.3 Å². The number of hydrogen-bond acceptors (Lipinski definition) is 9. The first kappa shape index (κ1) is 14.0. The Kier molecular flexibility index (Phi) is 3.39. The van der Waals surface area contributed by atoms with E-state index in [0.29, 0.717) is 11.0 Å². The molecule has 0 aromatic carbocycles. The quantitative estimate of drug-likeness (QED) is 0.368. The van der Waals surface area contributed by atoms with Crippen LogP contribution in [0.25, 0.3) is 11.0 Å². The molecule has 0 spiro atoms. The number of anilines is 2. The Morgan fingerprint density at radius 2 is 2.10 bits per heavy atom. The van der Waals surface area contributed by atoms with Gasteiger partial charge in [0, 0.05) is 6.20 Å². The Morgan fingerprint density at radius 1 is 1.33 bits per heavy atom. The molecule has 1 aliphatic heterocycles. The van der Waals surface area contributed by atoms with Gasteiger partial charge >= 0.3 is 0 Å². The lowest BCUT2D eigenvalue weighted by atomic mass is 10.1. The number of nitrogens with zero attached hydrogens (tertiary/aromatic N) is 3. The molecule has 114 valence electrons. The number of aromatic nitrogens is 3. The number of ether oxygens (including phenoxy) is 1. The molecule has 2 aromatic heterocycles. The maximum Gasteiger partial charge on any atom is 0.224 e. The third-order valence-corrected chi connectivity index (χ3v) is 3.49. The molecule has 3 rings (SSSR count). The van der Waals surface area contributed by atoms with E-state index in [-0.39, 0.29) is 11.8 Å². The maximum absolute atomic E-state index is 10.0. The summed E-state index contributed by atoms with van der Waals surface area (Å²) in [5.74, 6) is 0.0359. The van der Waals surface area contributed by atoms with Gasteiger partial charge in [-0.25, -0.2) is 0 Å². The van der Waals surface area contributed by atoms with Gasteiger partial charge < -0.3 is 30.4 Å². The van der Waals surface area contributed by atoms with Crippen LogP contribution in [0.1, 0.15) is 6.23 Å². The van der Waals surface area contributed by atoms with Crippen LogP contribution in [0, 0.1) is 0 Å². The standard InChI is InChI=1S/C11H15N5O5/c12-11-13-8(15-20)4-1-2-16(9(4)14-11)10-7(19)6(18)5(3-17)21-10/h1-2,5-7,10,17-20H,3H2,(H3,12,13,14,15)/t5-,6-,7-,10-/m1/s1. The second-order valence-electron chi connectivity index (χ2n) is 4.73. The largest absolute Gasteiger partial charge is 0.394 e. The number of aliphatic hydroxyl groups excluding tert-OH is 3. The Labute approximate surface area is 118 Å². The number of nitrogens with one attached hydrogen (secondary N) is 1. The van der Waals surface area contributed by atoms with Gasteiger partial charge in [0.05, 0.1) is 12.0 Å². The maximum atomic E-state index is 10.0. The van der Waals surface area contributed by atoms with Crippen LogP contribution >= 0.6 is 0 Å². The number of fused-ring (bicyclic) bond motifs is 1. The average Bonchev–Trinajstić information content (AvgIpc) is 3.01. The molecule has 0 radical (unpaired) electrons. The summed E-state index contributed by atoms with van der Waals surface area (Å²) in [4.78, 5) is 7.87. The lowest BCUT2D eigenvalue weighted by molar-refractivity contribution is -0.0508. The minimum atomic E-state index is -1.24. The second kappa shape index (κ2) is 5.09. The highest BCUT2D eigenvalue weighted by molar-refractivity contribution is 5.88. The summed E-state index contributed by atoms with van der Waals surface area (Å²) in [5, 5.41) is 38.5. The summed E-state index contributed by atoms with van der Waals surface area (Å²) in [5.41, 5.74) is 7.79. The van der Waals surface area contributed by atoms with E-state index in [4.69, 9.17) is 20.8 Å². The Morgan fingerprint density at radius 3 is 2.71 bits per heavy atom. The van der Waals surface area contributed by atoms with Crippen molar-refractivity contribution in [3.63, 3.8) is 0 Å². The number of nitrogens with two attached hydrogens (primary N) is 1. The van der Waals surface area contributed by atoms with E-state index in [1.54, 1.807) is 12.3 Å². The average molecular weight is 297 g/mol. The van der Waals surface area contributed by atoms with Gasteiger partial charge in [0.1, 0.15) is 24.0 Å². The smallest absolute Gasteiger partial charge is 0.224 e. The van der Waals surface area contributed by atoms with Crippen LogP contribution in [0.5, 0.6) is 0 Å². The van der Waals surface area contributed by atoms with Crippen LogP contribution in [0.2, 0.25) is 0 Å². The van der Waals surface area contributed by atoms with Gasteiger partial charge in [0.15, 0.2) is 12.0 Å². The van der Waals surface area contributed by atoms with E-state index in [0.717, 1.165) is 0 Å². The number of rotatable bonds is 3. The number of nitrogen functional groups attached to an aromatic ring is 1. The molecule has 0 aliphatic carbocycles. The molecule has 1 saturated heterocycles. The Hall–Kier alpha value is -1.98. The lowest BCUT2D eigenvalue weighted by Crippen LogP contribution is -2.33. The lowest BCUT2D eigenvalue weighted by Gasteiger charge is -2.17. The highest BCUT2D eigenvalue weighted by Crippen LogP contribution is 2.33. The summed E-state index contributed by atoms with van der Waals surface area (Å²) >= 11 is 0. The van der Waals surface area contributed by atoms with Crippen molar-refractivity contribution in [2.45, 2.75) is 24.5 Å². The predicted molar refractivity (Wildman–Crippen MR) is 70.4 cm³/mol. The SMILES string of the molecule is Nc1nc(NO)c2ccn([C@@H]3O[C@H](CO)[C@@H](O)[C@H]3O)c2n1. The van der Waals surface area contributed by atoms with Crippen molar-refractivity contribution in [3.05, 3.63) is 12.3 Å². The minimum Gasteiger partial charge on any atom is -0.394 e. The van der Waals surface area contributed by atoms with Crippen LogP contribution in [0.4, 0.5) is 11.8 Å². The highest BCUT2D eigenvalue weighted by atomic mass is 16.6. The van der Waals surface area contributed by atoms with Crippen LogP contribution in [0.3, 0.4) is 0 Å². The molecular formula is C11H15N5O5. The van der Waals surface area contributed by atoms with Crippen LogP contribution < -0.4 is 11.2 Å². The fourth-order valence-electron chi connectivity index (χ4n) is 2.45. The van der Waals surface area contributed by atoms with E-state index in [1.165, 1.54) is 4.57 Å². The van der Waals surface area contributed by atoms with Gasteiger partial charge in [-0.1, -0.05) is 0 Å². The van der Waals surface area contributed by atoms with Gasteiger partial charge in [0.25, 0.3) is 0 Å². The van der Waals surface area contributed by atoms with E-state index >= 15 is 0 Å². The normalized spacial score (nSPS) is 29.1. The Balaban J connectivity index is 2.07. The zero-order valence-corrected chi connectivity index (χ0v) is 10.8. The van der Waals surface area contributed by atoms with Crippen LogP contribution in [-0.4, -0.2) is 60.0 Å². The summed E-state index contributed by atoms with van der Waals surface area (Å²) in [6.07, 6.45) is -2.72. The zero-order chi connectivity index (χ0) is 15.1. The first-order valence-corrected chi connectivity index (χ1v) is 6.23. The van der Waals surface area contributed by atoms with Crippen molar-refractivity contribution >= 4 is 22.8 Å². The van der Waals surface area contributed by atoms with Gasteiger partial charge in [-0.05, 0) is 6.07 Å². The number of hydrogen-bond donors (Lipinski definition) is 6. The molecule has 10 heteroatoms. The monoisotopic (exact) mass is 297 g/mol. The predicted octanol–water partition coefficient (Wildman–Crippen LogP) is -1.57. The molecule has 7 N–H and O–H groups in total. The molecule has 2 aromatic rings. The van der Waals surface area contributed by atoms with Gasteiger partial charge in [0.2, 0.25) is 5.95 Å². The topological polar surface area (TPSA) is 159 Å². The number of aliphatic hydroxyl groups is 3. The van der Waals surface area contributed by atoms with Crippen molar-refractivity contribution in [1.29, 1.82) is 0 Å². The molecular weight excluding hydrogens is 282 g/mol. The zero-order valence-electron chi connectivity index (χ0n) is 10.8. The van der Waals surface area contributed by atoms with E-state index < -0.39 is 31.1 Å². The molecule has 0 amide bonds. The van der Waals surface area contributed by atoms with E-state index in [2.05, 4.69) is 9.97 Å². The molecule has 0 bridgehead atoms. The highest BCUT2D eigenvalue weighted by Gasteiger charge is 2.43. The van der Waals surface area contributed by atoms with Crippen molar-refractivity contribution in [3.8, 4) is 0 Å². The van der Waals surface area contributed by atoms with Gasteiger partial charge in [-0.2, -0.15) is 9.97 Å². The van der Waals surface area contributed by atoms with Crippen LogP contribution in [-0.2, 0) is 4.74 Å². The van der Waals surface area contributed by atoms with E-state index in [9.17, 15) is 10.2 Å². The minimum absolute atomic E-state index is 0.0780. The summed E-state index contributed by atoms with van der Waals surface area (Å²) < 4.78 is 6.89. The van der Waals surface area contributed by atoms with Crippen molar-refractivity contribution < 1.29 is 25.3 Å². The van der Waals surface area contributed by atoms with Crippen molar-refractivity contribution in [1.82, 2.24) is 14.5 Å². The molecule has 4 atom stereocenters. The third-order valence-electron chi connectivity index (χ3n) is 3.49. The molecule has 0 unspecified atom stereocenters. The molecule has 0 saturated carbocycles. The van der Waals surface area contributed by atoms with Gasteiger partial charge in [-0.15, -0.1) is 0 Å². The summed E-state index contributed by atoms with van der Waals surface area (Å²) in [6.45, 7) is -0.422. The first-order chi connectivity index (χ1) is 10.1. The van der Waals surface area contributed by atoms with Crippen molar-refractivity contribution in [2.75, 3.05) is 17.8 Å². The molecule has 1 aliphatic rings. The molecule has 3 heterocycles. The van der Waals surface area contributed by atoms with Gasteiger partial charge in [-0.3, -0.25) is 10.7 Å². The summed E-state index contributed by atoms with van der Waals surface area (Å²) in [7, 11) is 0. The summed E-state index contributed by atoms with van der Waals surface area (Å²) in [6, 6.07) is 1.60. The molecule has 21 heavy (non-hydrogen) atoms. The fraction of sp³-hybridized carbons (Fsp3) is 0.455. The molecule has 1 fully saturated rings. The van der Waals surface area contributed by atoms with Crippen molar-refractivity contribution in [2.24, 2.45) is 0 Å². The second-order valence-corrected chi connectivity index (χ2v) is 4.73. The third kappa shape index (κ3) is 2.09.